The van der Waals surface area contributed by atoms with Crippen molar-refractivity contribution in [1.29, 1.82) is 0 Å². The fourth-order valence-electron chi connectivity index (χ4n) is 2.88. The SMILES string of the molecule is FC(F)Oc1ccccc1[C@H]1C=C(c2ccc(I)cc2)Nc2ncnn21. The lowest BCUT2D eigenvalue weighted by Crippen LogP contribution is -2.21. The molecule has 1 aliphatic heterocycles. The number of benzene rings is 2. The molecule has 1 N–H and O–H groups in total. The molecule has 0 saturated heterocycles. The molecule has 0 saturated carbocycles. The molecule has 1 aliphatic rings. The van der Waals surface area contributed by atoms with Crippen LogP contribution in [-0.2, 0) is 0 Å². The lowest BCUT2D eigenvalue weighted by atomic mass is 10.0. The molecule has 2 aromatic carbocycles. The third-order valence-corrected chi connectivity index (χ3v) is 4.74. The smallest absolute Gasteiger partial charge is 0.387 e. The van der Waals surface area contributed by atoms with Gasteiger partial charge in [0.1, 0.15) is 18.1 Å². The van der Waals surface area contributed by atoms with Gasteiger partial charge in [0.05, 0.1) is 0 Å². The number of hydrogen-bond acceptors (Lipinski definition) is 4. The van der Waals surface area contributed by atoms with E-state index < -0.39 is 12.7 Å². The quantitative estimate of drug-likeness (QED) is 0.574. The molecule has 0 fully saturated rings. The number of rotatable bonds is 4. The molecule has 26 heavy (non-hydrogen) atoms. The molecule has 132 valence electrons. The van der Waals surface area contributed by atoms with Crippen LogP contribution in [0.15, 0.2) is 60.9 Å². The van der Waals surface area contributed by atoms with Crippen molar-refractivity contribution < 1.29 is 13.5 Å². The van der Waals surface area contributed by atoms with Crippen LogP contribution in [0.4, 0.5) is 14.7 Å². The van der Waals surface area contributed by atoms with Gasteiger partial charge in [0, 0.05) is 14.8 Å². The van der Waals surface area contributed by atoms with Crippen molar-refractivity contribution >= 4 is 34.2 Å². The van der Waals surface area contributed by atoms with E-state index in [0.717, 1.165) is 14.8 Å². The summed E-state index contributed by atoms with van der Waals surface area (Å²) in [6.07, 6.45) is 3.36. The molecule has 1 atom stereocenters. The lowest BCUT2D eigenvalue weighted by Gasteiger charge is -2.25. The minimum absolute atomic E-state index is 0.120. The summed E-state index contributed by atoms with van der Waals surface area (Å²) in [5, 5.41) is 7.46. The summed E-state index contributed by atoms with van der Waals surface area (Å²) in [4.78, 5) is 4.23. The molecule has 5 nitrogen and oxygen atoms in total. The van der Waals surface area contributed by atoms with E-state index in [-0.39, 0.29) is 5.75 Å². The van der Waals surface area contributed by atoms with Gasteiger partial charge in [-0.05, 0) is 52.4 Å². The Labute approximate surface area is 161 Å². The zero-order chi connectivity index (χ0) is 18.1. The summed E-state index contributed by atoms with van der Waals surface area (Å²) in [5.41, 5.74) is 2.39. The molecule has 0 aliphatic carbocycles. The van der Waals surface area contributed by atoms with Crippen molar-refractivity contribution in [3.8, 4) is 5.75 Å². The first-order valence-corrected chi connectivity index (χ1v) is 8.88. The van der Waals surface area contributed by atoms with Gasteiger partial charge in [0.2, 0.25) is 5.95 Å². The highest BCUT2D eigenvalue weighted by Gasteiger charge is 2.26. The maximum Gasteiger partial charge on any atom is 0.387 e. The number of nitrogens with one attached hydrogen (secondary N) is 1. The Morgan fingerprint density at radius 2 is 1.88 bits per heavy atom. The van der Waals surface area contributed by atoms with Crippen molar-refractivity contribution in [2.45, 2.75) is 12.7 Å². The Hall–Kier alpha value is -2.49. The van der Waals surface area contributed by atoms with Gasteiger partial charge in [-0.15, -0.1) is 0 Å². The molecule has 4 rings (SSSR count). The van der Waals surface area contributed by atoms with Crippen LogP contribution in [0.1, 0.15) is 17.2 Å². The predicted octanol–water partition coefficient (Wildman–Crippen LogP) is 4.54. The third-order valence-electron chi connectivity index (χ3n) is 4.02. The van der Waals surface area contributed by atoms with Gasteiger partial charge in [0.25, 0.3) is 0 Å². The summed E-state index contributed by atoms with van der Waals surface area (Å²) < 4.78 is 33.1. The molecule has 0 amide bonds. The number of para-hydroxylation sites is 1. The van der Waals surface area contributed by atoms with E-state index in [9.17, 15) is 8.78 Å². The number of hydrogen-bond donors (Lipinski definition) is 1. The van der Waals surface area contributed by atoms with Crippen LogP contribution < -0.4 is 10.1 Å². The Bertz CT molecular complexity index is 956. The Balaban J connectivity index is 1.81. The van der Waals surface area contributed by atoms with Crippen LogP contribution in [0.3, 0.4) is 0 Å². The highest BCUT2D eigenvalue weighted by molar-refractivity contribution is 14.1. The van der Waals surface area contributed by atoms with Gasteiger partial charge < -0.3 is 10.1 Å². The minimum atomic E-state index is -2.90. The molecule has 8 heteroatoms. The van der Waals surface area contributed by atoms with Crippen molar-refractivity contribution in [1.82, 2.24) is 14.8 Å². The molecule has 0 spiro atoms. The van der Waals surface area contributed by atoms with E-state index in [1.165, 1.54) is 12.4 Å². The number of allylic oxidation sites excluding steroid dienone is 1. The zero-order valence-electron chi connectivity index (χ0n) is 13.3. The second-order valence-electron chi connectivity index (χ2n) is 5.60. The topological polar surface area (TPSA) is 52.0 Å². The average molecular weight is 466 g/mol. The fraction of sp³-hybridized carbons (Fsp3) is 0.111. The molecule has 2 heterocycles. The number of anilines is 1. The summed E-state index contributed by atoms with van der Waals surface area (Å²) >= 11 is 2.24. The average Bonchev–Trinajstić information content (AvgIpc) is 3.10. The van der Waals surface area contributed by atoms with E-state index in [4.69, 9.17) is 4.74 Å². The summed E-state index contributed by atoms with van der Waals surface area (Å²) in [6.45, 7) is -2.90. The van der Waals surface area contributed by atoms with Gasteiger partial charge >= 0.3 is 6.61 Å². The first-order valence-electron chi connectivity index (χ1n) is 7.80. The van der Waals surface area contributed by atoms with Gasteiger partial charge in [-0.3, -0.25) is 0 Å². The molecular weight excluding hydrogens is 453 g/mol. The van der Waals surface area contributed by atoms with Crippen molar-refractivity contribution in [3.05, 3.63) is 75.6 Å². The van der Waals surface area contributed by atoms with Crippen LogP contribution in [0.25, 0.3) is 5.70 Å². The second kappa shape index (κ2) is 7.02. The minimum Gasteiger partial charge on any atom is -0.434 e. The summed E-state index contributed by atoms with van der Waals surface area (Å²) in [6, 6.07) is 14.3. The van der Waals surface area contributed by atoms with E-state index >= 15 is 0 Å². The van der Waals surface area contributed by atoms with Gasteiger partial charge in [0.15, 0.2) is 0 Å². The normalized spacial score (nSPS) is 16.0. The fourth-order valence-corrected chi connectivity index (χ4v) is 3.24. The van der Waals surface area contributed by atoms with Crippen molar-refractivity contribution in [2.24, 2.45) is 0 Å². The Morgan fingerprint density at radius 3 is 2.65 bits per heavy atom. The monoisotopic (exact) mass is 466 g/mol. The van der Waals surface area contributed by atoms with Gasteiger partial charge in [-0.25, -0.2) is 4.68 Å². The predicted molar refractivity (Wildman–Crippen MR) is 102 cm³/mol. The highest BCUT2D eigenvalue weighted by atomic mass is 127. The lowest BCUT2D eigenvalue weighted by molar-refractivity contribution is -0.0506. The van der Waals surface area contributed by atoms with E-state index in [1.54, 1.807) is 22.9 Å². The van der Waals surface area contributed by atoms with Gasteiger partial charge in [-0.1, -0.05) is 30.3 Å². The number of halogens is 3. The number of nitrogens with zero attached hydrogens (tertiary/aromatic N) is 3. The second-order valence-corrected chi connectivity index (χ2v) is 6.85. The first kappa shape index (κ1) is 17.0. The number of ether oxygens (including phenoxy) is 1. The van der Waals surface area contributed by atoms with E-state index in [1.807, 2.05) is 30.3 Å². The Kier molecular flexibility index (Phi) is 4.58. The first-order chi connectivity index (χ1) is 12.6. The molecule has 3 aromatic rings. The van der Waals surface area contributed by atoms with Crippen LogP contribution in [-0.4, -0.2) is 21.4 Å². The van der Waals surface area contributed by atoms with Crippen LogP contribution in [0.2, 0.25) is 0 Å². The standard InChI is InChI=1S/C18H13F2IN4O/c19-17(20)26-16-4-2-1-3-13(16)15-9-14(11-5-7-12(21)8-6-11)24-18-22-10-23-25(15)18/h1-10,15,17H,(H,22,23,24)/t15-/m1/s1. The molecule has 0 bridgehead atoms. The van der Waals surface area contributed by atoms with Crippen LogP contribution in [0, 0.1) is 3.57 Å². The van der Waals surface area contributed by atoms with E-state index in [2.05, 4.69) is 38.0 Å². The number of aromatic nitrogens is 3. The van der Waals surface area contributed by atoms with Gasteiger partial charge in [-0.2, -0.15) is 18.9 Å². The zero-order valence-corrected chi connectivity index (χ0v) is 15.5. The van der Waals surface area contributed by atoms with Crippen LogP contribution >= 0.6 is 22.6 Å². The summed E-state index contributed by atoms with van der Waals surface area (Å²) in [5.74, 6) is 0.659. The Morgan fingerprint density at radius 1 is 1.12 bits per heavy atom. The molecule has 0 unspecified atom stereocenters. The molecular formula is C18H13F2IN4O. The van der Waals surface area contributed by atoms with Crippen molar-refractivity contribution in [2.75, 3.05) is 5.32 Å². The molecule has 1 aromatic heterocycles. The highest BCUT2D eigenvalue weighted by Crippen LogP contribution is 2.36. The van der Waals surface area contributed by atoms with E-state index in [0.29, 0.717) is 11.5 Å². The third kappa shape index (κ3) is 3.28. The number of fused-ring (bicyclic) bond motifs is 1. The maximum absolute atomic E-state index is 12.8. The van der Waals surface area contributed by atoms with Crippen LogP contribution in [0.5, 0.6) is 5.75 Å². The number of alkyl halides is 2. The largest absolute Gasteiger partial charge is 0.434 e. The molecule has 0 radical (unpaired) electrons. The summed E-state index contributed by atoms with van der Waals surface area (Å²) in [7, 11) is 0. The maximum atomic E-state index is 12.8. The van der Waals surface area contributed by atoms with Crippen molar-refractivity contribution in [3.63, 3.8) is 0 Å².